The number of hydrogen-bond donors (Lipinski definition) is 2. The lowest BCUT2D eigenvalue weighted by Crippen LogP contribution is -2.38. The fourth-order valence-electron chi connectivity index (χ4n) is 2.06. The SMILES string of the molecule is CCCCN(CCO)C(=O)c1c(C)cc(C)[nH]c1=O. The van der Waals surface area contributed by atoms with E-state index in [1.165, 1.54) is 4.90 Å². The number of H-pyrrole nitrogens is 1. The van der Waals surface area contributed by atoms with Crippen LogP contribution >= 0.6 is 0 Å². The molecule has 0 bridgehead atoms. The zero-order chi connectivity index (χ0) is 14.4. The Balaban J connectivity index is 3.05. The molecule has 0 unspecified atom stereocenters. The first kappa shape index (κ1) is 15.4. The van der Waals surface area contributed by atoms with Gasteiger partial charge in [-0.1, -0.05) is 13.3 Å². The van der Waals surface area contributed by atoms with E-state index in [1.807, 2.05) is 6.92 Å². The van der Waals surface area contributed by atoms with E-state index >= 15 is 0 Å². The summed E-state index contributed by atoms with van der Waals surface area (Å²) < 4.78 is 0. The molecule has 106 valence electrons. The highest BCUT2D eigenvalue weighted by atomic mass is 16.3. The number of carbonyl (C=O) groups is 1. The van der Waals surface area contributed by atoms with Crippen LogP contribution < -0.4 is 5.56 Å². The van der Waals surface area contributed by atoms with E-state index in [2.05, 4.69) is 4.98 Å². The minimum Gasteiger partial charge on any atom is -0.395 e. The second-order valence-corrected chi connectivity index (χ2v) is 4.71. The van der Waals surface area contributed by atoms with Gasteiger partial charge in [0.25, 0.3) is 11.5 Å². The maximum absolute atomic E-state index is 12.4. The fourth-order valence-corrected chi connectivity index (χ4v) is 2.06. The fraction of sp³-hybridized carbons (Fsp3) is 0.571. The summed E-state index contributed by atoms with van der Waals surface area (Å²) in [5.41, 5.74) is 1.23. The number of aliphatic hydroxyl groups excluding tert-OH is 1. The summed E-state index contributed by atoms with van der Waals surface area (Å²) in [5, 5.41) is 9.03. The molecule has 1 heterocycles. The summed E-state index contributed by atoms with van der Waals surface area (Å²) in [5.74, 6) is -0.304. The molecule has 1 aromatic heterocycles. The zero-order valence-electron chi connectivity index (χ0n) is 11.8. The molecule has 0 aliphatic heterocycles. The van der Waals surface area contributed by atoms with Crippen molar-refractivity contribution in [3.8, 4) is 0 Å². The number of nitrogens with zero attached hydrogens (tertiary/aromatic N) is 1. The number of pyridine rings is 1. The van der Waals surface area contributed by atoms with Gasteiger partial charge < -0.3 is 15.0 Å². The first-order valence-electron chi connectivity index (χ1n) is 6.61. The molecule has 1 amide bonds. The molecular weight excluding hydrogens is 244 g/mol. The number of unbranched alkanes of at least 4 members (excludes halogenated alkanes) is 1. The molecule has 1 rings (SSSR count). The summed E-state index contributed by atoms with van der Waals surface area (Å²) in [4.78, 5) is 28.5. The normalized spacial score (nSPS) is 10.5. The summed E-state index contributed by atoms with van der Waals surface area (Å²) >= 11 is 0. The third-order valence-electron chi connectivity index (χ3n) is 3.02. The lowest BCUT2D eigenvalue weighted by Gasteiger charge is -2.22. The number of aliphatic hydroxyl groups is 1. The Morgan fingerprint density at radius 1 is 1.37 bits per heavy atom. The minimum absolute atomic E-state index is 0.0989. The van der Waals surface area contributed by atoms with Crippen LogP contribution in [0.15, 0.2) is 10.9 Å². The Labute approximate surface area is 113 Å². The van der Waals surface area contributed by atoms with Crippen LogP contribution in [0.5, 0.6) is 0 Å². The molecule has 0 saturated carbocycles. The molecule has 0 radical (unpaired) electrons. The summed E-state index contributed by atoms with van der Waals surface area (Å²) in [7, 11) is 0. The molecular formula is C14H22N2O3. The molecule has 0 fully saturated rings. The Kier molecular flexibility index (Phi) is 5.76. The molecule has 2 N–H and O–H groups in total. The number of rotatable bonds is 6. The van der Waals surface area contributed by atoms with Crippen LogP contribution in [0.3, 0.4) is 0 Å². The van der Waals surface area contributed by atoms with Gasteiger partial charge in [-0.15, -0.1) is 0 Å². The largest absolute Gasteiger partial charge is 0.395 e. The molecule has 0 spiro atoms. The van der Waals surface area contributed by atoms with Gasteiger partial charge in [0.2, 0.25) is 0 Å². The number of hydrogen-bond acceptors (Lipinski definition) is 3. The Hall–Kier alpha value is -1.62. The van der Waals surface area contributed by atoms with E-state index in [1.54, 1.807) is 19.9 Å². The van der Waals surface area contributed by atoms with Gasteiger partial charge in [-0.25, -0.2) is 0 Å². The molecule has 1 aromatic rings. The third kappa shape index (κ3) is 3.92. The van der Waals surface area contributed by atoms with E-state index in [0.29, 0.717) is 12.1 Å². The second-order valence-electron chi connectivity index (χ2n) is 4.71. The first-order chi connectivity index (χ1) is 9.01. The van der Waals surface area contributed by atoms with E-state index < -0.39 is 0 Å². The summed E-state index contributed by atoms with van der Waals surface area (Å²) in [6, 6.07) is 1.78. The van der Waals surface area contributed by atoms with Crippen molar-refractivity contribution in [1.82, 2.24) is 9.88 Å². The monoisotopic (exact) mass is 266 g/mol. The van der Waals surface area contributed by atoms with Crippen molar-refractivity contribution in [2.45, 2.75) is 33.6 Å². The number of aromatic amines is 1. The van der Waals surface area contributed by atoms with Crippen molar-refractivity contribution in [1.29, 1.82) is 0 Å². The van der Waals surface area contributed by atoms with Gasteiger partial charge in [0.1, 0.15) is 5.56 Å². The van der Waals surface area contributed by atoms with Gasteiger partial charge in [0.05, 0.1) is 6.61 Å². The number of nitrogens with one attached hydrogen (secondary N) is 1. The van der Waals surface area contributed by atoms with Gasteiger partial charge in [0, 0.05) is 18.8 Å². The summed E-state index contributed by atoms with van der Waals surface area (Å²) in [6.07, 6.45) is 1.81. The highest BCUT2D eigenvalue weighted by Crippen LogP contribution is 2.08. The van der Waals surface area contributed by atoms with Crippen molar-refractivity contribution in [3.05, 3.63) is 33.2 Å². The van der Waals surface area contributed by atoms with Crippen molar-refractivity contribution in [2.24, 2.45) is 0 Å². The Morgan fingerprint density at radius 2 is 2.05 bits per heavy atom. The smallest absolute Gasteiger partial charge is 0.261 e. The predicted molar refractivity (Wildman–Crippen MR) is 74.4 cm³/mol. The Morgan fingerprint density at radius 3 is 2.58 bits per heavy atom. The molecule has 0 atom stereocenters. The number of aryl methyl sites for hydroxylation is 2. The standard InChI is InChI=1S/C14H22N2O3/c1-4-5-6-16(7-8-17)14(19)12-10(2)9-11(3)15-13(12)18/h9,17H,4-8H2,1-3H3,(H,15,18). The predicted octanol–water partition coefficient (Wildman–Crippen LogP) is 1.23. The minimum atomic E-state index is -0.359. The molecule has 0 aliphatic carbocycles. The molecule has 5 nitrogen and oxygen atoms in total. The quantitative estimate of drug-likeness (QED) is 0.813. The van der Waals surface area contributed by atoms with Crippen molar-refractivity contribution in [2.75, 3.05) is 19.7 Å². The van der Waals surface area contributed by atoms with Gasteiger partial charge in [-0.3, -0.25) is 9.59 Å². The lowest BCUT2D eigenvalue weighted by molar-refractivity contribution is 0.0717. The number of carbonyl (C=O) groups excluding carboxylic acids is 1. The van der Waals surface area contributed by atoms with E-state index in [4.69, 9.17) is 5.11 Å². The van der Waals surface area contributed by atoms with E-state index in [0.717, 1.165) is 18.5 Å². The molecule has 5 heteroatoms. The van der Waals surface area contributed by atoms with E-state index in [-0.39, 0.29) is 30.2 Å². The highest BCUT2D eigenvalue weighted by molar-refractivity contribution is 5.95. The highest BCUT2D eigenvalue weighted by Gasteiger charge is 2.20. The topological polar surface area (TPSA) is 73.4 Å². The second kappa shape index (κ2) is 7.09. The van der Waals surface area contributed by atoms with Gasteiger partial charge >= 0.3 is 0 Å². The van der Waals surface area contributed by atoms with Crippen molar-refractivity contribution in [3.63, 3.8) is 0 Å². The van der Waals surface area contributed by atoms with Gasteiger partial charge in [0.15, 0.2) is 0 Å². The molecule has 0 aliphatic rings. The summed E-state index contributed by atoms with van der Waals surface area (Å²) in [6.45, 7) is 6.29. The van der Waals surface area contributed by atoms with Gasteiger partial charge in [-0.2, -0.15) is 0 Å². The average molecular weight is 266 g/mol. The van der Waals surface area contributed by atoms with E-state index in [9.17, 15) is 9.59 Å². The maximum Gasteiger partial charge on any atom is 0.261 e. The van der Waals surface area contributed by atoms with Crippen molar-refractivity contribution >= 4 is 5.91 Å². The average Bonchev–Trinajstić information content (AvgIpc) is 2.33. The van der Waals surface area contributed by atoms with Crippen LogP contribution in [-0.2, 0) is 0 Å². The lowest BCUT2D eigenvalue weighted by atomic mass is 10.1. The zero-order valence-corrected chi connectivity index (χ0v) is 11.8. The number of amides is 1. The van der Waals surface area contributed by atoms with Crippen LogP contribution in [0.4, 0.5) is 0 Å². The van der Waals surface area contributed by atoms with Crippen molar-refractivity contribution < 1.29 is 9.90 Å². The Bertz CT molecular complexity index is 494. The maximum atomic E-state index is 12.4. The molecule has 0 saturated heterocycles. The van der Waals surface area contributed by atoms with Crippen LogP contribution in [-0.4, -0.2) is 40.6 Å². The van der Waals surface area contributed by atoms with Crippen LogP contribution in [0.2, 0.25) is 0 Å². The van der Waals surface area contributed by atoms with Gasteiger partial charge in [-0.05, 0) is 31.9 Å². The number of aromatic nitrogens is 1. The molecule has 19 heavy (non-hydrogen) atoms. The third-order valence-corrected chi connectivity index (χ3v) is 3.02. The first-order valence-corrected chi connectivity index (χ1v) is 6.61. The molecule has 0 aromatic carbocycles. The van der Waals surface area contributed by atoms with Crippen LogP contribution in [0, 0.1) is 13.8 Å². The van der Waals surface area contributed by atoms with Crippen LogP contribution in [0.1, 0.15) is 41.4 Å². The van der Waals surface area contributed by atoms with Crippen LogP contribution in [0.25, 0.3) is 0 Å².